The summed E-state index contributed by atoms with van der Waals surface area (Å²) < 4.78 is 51.1. The Bertz CT molecular complexity index is 997. The Balaban J connectivity index is 1.79. The van der Waals surface area contributed by atoms with Crippen molar-refractivity contribution < 1.29 is 16.8 Å². The minimum absolute atomic E-state index is 0.0955. The van der Waals surface area contributed by atoms with Crippen LogP contribution in [0.3, 0.4) is 0 Å². The number of hydrogen-bond acceptors (Lipinski definition) is 4. The lowest BCUT2D eigenvalue weighted by Crippen LogP contribution is -2.37. The van der Waals surface area contributed by atoms with Gasteiger partial charge in [-0.05, 0) is 48.4 Å². The molecule has 2 aromatic carbocycles. The summed E-state index contributed by atoms with van der Waals surface area (Å²) >= 11 is 0. The Morgan fingerprint density at radius 3 is 2.15 bits per heavy atom. The minimum atomic E-state index is -3.96. The van der Waals surface area contributed by atoms with Crippen molar-refractivity contribution in [1.29, 1.82) is 0 Å². The van der Waals surface area contributed by atoms with Crippen LogP contribution in [0.1, 0.15) is 31.2 Å². The van der Waals surface area contributed by atoms with Gasteiger partial charge >= 0.3 is 0 Å². The van der Waals surface area contributed by atoms with E-state index in [2.05, 4.69) is 16.9 Å². The SMILES string of the molecule is NS(=O)(=O)c1cccc(S(=O)(=O)NCC2(Cc3ccccc3)CCCC2)c1. The van der Waals surface area contributed by atoms with E-state index >= 15 is 0 Å². The molecule has 0 heterocycles. The number of benzene rings is 2. The Labute approximate surface area is 160 Å². The molecule has 0 amide bonds. The Kier molecular flexibility index (Phi) is 5.71. The molecule has 8 heteroatoms. The topological polar surface area (TPSA) is 106 Å². The van der Waals surface area contributed by atoms with Crippen LogP contribution in [0, 0.1) is 5.41 Å². The summed E-state index contributed by atoms with van der Waals surface area (Å²) in [5.41, 5.74) is 1.07. The van der Waals surface area contributed by atoms with Gasteiger partial charge in [0.05, 0.1) is 9.79 Å². The lowest BCUT2D eigenvalue weighted by molar-refractivity contribution is 0.295. The summed E-state index contributed by atoms with van der Waals surface area (Å²) in [6.07, 6.45) is 4.89. The lowest BCUT2D eigenvalue weighted by Gasteiger charge is -2.29. The van der Waals surface area contributed by atoms with Crippen LogP contribution in [-0.2, 0) is 26.5 Å². The molecule has 1 saturated carbocycles. The number of nitrogens with two attached hydrogens (primary N) is 1. The first-order chi connectivity index (χ1) is 12.7. The first-order valence-electron chi connectivity index (χ1n) is 8.87. The normalized spacial score (nSPS) is 17.1. The van der Waals surface area contributed by atoms with Crippen LogP contribution < -0.4 is 9.86 Å². The van der Waals surface area contributed by atoms with Crippen molar-refractivity contribution >= 4 is 20.0 Å². The van der Waals surface area contributed by atoms with Gasteiger partial charge < -0.3 is 0 Å². The van der Waals surface area contributed by atoms with Gasteiger partial charge in [0, 0.05) is 6.54 Å². The molecular formula is C19H24N2O4S2. The summed E-state index contributed by atoms with van der Waals surface area (Å²) in [5.74, 6) is 0. The zero-order valence-electron chi connectivity index (χ0n) is 15.0. The molecule has 146 valence electrons. The van der Waals surface area contributed by atoms with Gasteiger partial charge in [0.2, 0.25) is 20.0 Å². The molecule has 0 radical (unpaired) electrons. The van der Waals surface area contributed by atoms with Crippen LogP contribution in [0.15, 0.2) is 64.4 Å². The van der Waals surface area contributed by atoms with Crippen molar-refractivity contribution in [3.05, 3.63) is 60.2 Å². The zero-order chi connectivity index (χ0) is 19.5. The monoisotopic (exact) mass is 408 g/mol. The largest absolute Gasteiger partial charge is 0.240 e. The predicted octanol–water partition coefficient (Wildman–Crippen LogP) is 2.42. The van der Waals surface area contributed by atoms with Crippen LogP contribution in [0.5, 0.6) is 0 Å². The van der Waals surface area contributed by atoms with E-state index in [1.165, 1.54) is 23.8 Å². The zero-order valence-corrected chi connectivity index (χ0v) is 16.6. The van der Waals surface area contributed by atoms with Gasteiger partial charge in [-0.1, -0.05) is 49.2 Å². The second-order valence-corrected chi connectivity index (χ2v) is 10.5. The summed E-state index contributed by atoms with van der Waals surface area (Å²) in [7, 11) is -7.79. The highest BCUT2D eigenvalue weighted by Crippen LogP contribution is 2.40. The van der Waals surface area contributed by atoms with E-state index in [4.69, 9.17) is 5.14 Å². The van der Waals surface area contributed by atoms with Crippen LogP contribution in [-0.4, -0.2) is 23.4 Å². The maximum Gasteiger partial charge on any atom is 0.240 e. The highest BCUT2D eigenvalue weighted by molar-refractivity contribution is 7.90. The maximum atomic E-state index is 12.7. The van der Waals surface area contributed by atoms with Crippen LogP contribution >= 0.6 is 0 Å². The fourth-order valence-electron chi connectivity index (χ4n) is 3.72. The molecule has 1 aliphatic rings. The highest BCUT2D eigenvalue weighted by atomic mass is 32.2. The van der Waals surface area contributed by atoms with Crippen molar-refractivity contribution in [3.63, 3.8) is 0 Å². The van der Waals surface area contributed by atoms with Gasteiger partial charge in [0.15, 0.2) is 0 Å². The van der Waals surface area contributed by atoms with Crippen molar-refractivity contribution in [2.45, 2.75) is 41.9 Å². The Hall–Kier alpha value is -1.74. The molecule has 3 N–H and O–H groups in total. The van der Waals surface area contributed by atoms with Crippen molar-refractivity contribution in [1.82, 2.24) is 4.72 Å². The molecule has 3 rings (SSSR count). The van der Waals surface area contributed by atoms with E-state index in [1.807, 2.05) is 18.2 Å². The molecule has 0 spiro atoms. The summed E-state index contributed by atoms with van der Waals surface area (Å²) in [4.78, 5) is -0.313. The third kappa shape index (κ3) is 4.95. The van der Waals surface area contributed by atoms with E-state index in [9.17, 15) is 16.8 Å². The van der Waals surface area contributed by atoms with Crippen molar-refractivity contribution in [3.8, 4) is 0 Å². The second-order valence-electron chi connectivity index (χ2n) is 7.21. The first-order valence-corrected chi connectivity index (χ1v) is 11.9. The van der Waals surface area contributed by atoms with Gasteiger partial charge in [-0.15, -0.1) is 0 Å². The molecular weight excluding hydrogens is 384 g/mol. The van der Waals surface area contributed by atoms with Gasteiger partial charge in [-0.2, -0.15) is 0 Å². The van der Waals surface area contributed by atoms with Gasteiger partial charge in [-0.3, -0.25) is 0 Å². The smallest absolute Gasteiger partial charge is 0.225 e. The molecule has 27 heavy (non-hydrogen) atoms. The fourth-order valence-corrected chi connectivity index (χ4v) is 5.56. The highest BCUT2D eigenvalue weighted by Gasteiger charge is 2.35. The average molecular weight is 409 g/mol. The van der Waals surface area contributed by atoms with Gasteiger partial charge in [0.25, 0.3) is 0 Å². The van der Waals surface area contributed by atoms with Gasteiger partial charge in [-0.25, -0.2) is 26.7 Å². The maximum absolute atomic E-state index is 12.7. The number of hydrogen-bond donors (Lipinski definition) is 2. The fraction of sp³-hybridized carbons (Fsp3) is 0.368. The third-order valence-electron chi connectivity index (χ3n) is 5.17. The van der Waals surface area contributed by atoms with E-state index in [0.29, 0.717) is 6.54 Å². The second kappa shape index (κ2) is 7.71. The third-order valence-corrected chi connectivity index (χ3v) is 7.48. The molecule has 1 fully saturated rings. The van der Waals surface area contributed by atoms with E-state index in [-0.39, 0.29) is 15.2 Å². The standard InChI is InChI=1S/C19H24N2O4S2/c20-26(22,23)17-9-6-10-18(13-17)27(24,25)21-15-19(11-4-5-12-19)14-16-7-2-1-3-8-16/h1-3,6-10,13,21H,4-5,11-12,14-15H2,(H2,20,22,23). The quantitative estimate of drug-likeness (QED) is 0.734. The minimum Gasteiger partial charge on any atom is -0.225 e. The van der Waals surface area contributed by atoms with E-state index < -0.39 is 20.0 Å². The molecule has 1 aliphatic carbocycles. The van der Waals surface area contributed by atoms with Crippen LogP contribution in [0.4, 0.5) is 0 Å². The molecule has 0 unspecified atom stereocenters. The number of primary sulfonamides is 1. The number of sulfonamides is 2. The van der Waals surface area contributed by atoms with Gasteiger partial charge in [0.1, 0.15) is 0 Å². The number of nitrogens with one attached hydrogen (secondary N) is 1. The molecule has 0 saturated heterocycles. The lowest BCUT2D eigenvalue weighted by atomic mass is 9.80. The Morgan fingerprint density at radius 1 is 0.889 bits per heavy atom. The molecule has 2 aromatic rings. The Morgan fingerprint density at radius 2 is 1.52 bits per heavy atom. The van der Waals surface area contributed by atoms with E-state index in [1.54, 1.807) is 0 Å². The average Bonchev–Trinajstić information content (AvgIpc) is 3.09. The molecule has 0 atom stereocenters. The summed E-state index contributed by atoms with van der Waals surface area (Å²) in [6.45, 7) is 0.323. The molecule has 0 aromatic heterocycles. The summed E-state index contributed by atoms with van der Waals surface area (Å²) in [5, 5.41) is 5.11. The molecule has 0 bridgehead atoms. The van der Waals surface area contributed by atoms with Crippen LogP contribution in [0.25, 0.3) is 0 Å². The van der Waals surface area contributed by atoms with Crippen molar-refractivity contribution in [2.75, 3.05) is 6.54 Å². The first kappa shape index (κ1) is 20.0. The molecule has 6 nitrogen and oxygen atoms in total. The number of rotatable bonds is 7. The molecule has 0 aliphatic heterocycles. The van der Waals surface area contributed by atoms with Crippen LogP contribution in [0.2, 0.25) is 0 Å². The van der Waals surface area contributed by atoms with E-state index in [0.717, 1.165) is 38.2 Å². The van der Waals surface area contributed by atoms with Crippen molar-refractivity contribution in [2.24, 2.45) is 10.6 Å². The summed E-state index contributed by atoms with van der Waals surface area (Å²) in [6, 6.07) is 15.2. The predicted molar refractivity (Wildman–Crippen MR) is 104 cm³/mol.